The average molecular weight is 797 g/mol. The summed E-state index contributed by atoms with van der Waals surface area (Å²) in [4.78, 5) is 65.7. The number of anilines is 1. The zero-order valence-electron chi connectivity index (χ0n) is 26.0. The van der Waals surface area contributed by atoms with Crippen LogP contribution in [0.4, 0.5) is 5.69 Å². The molecule has 1 aliphatic heterocycles. The van der Waals surface area contributed by atoms with Crippen molar-refractivity contribution in [3.8, 4) is 5.75 Å². The Hall–Kier alpha value is -2.67. The first-order valence-electron chi connectivity index (χ1n) is 14.8. The maximum absolute atomic E-state index is 11.5. The average Bonchev–Trinajstić information content (AvgIpc) is 2.92. The van der Waals surface area contributed by atoms with Crippen LogP contribution in [0.2, 0.25) is 0 Å². The summed E-state index contributed by atoms with van der Waals surface area (Å²) in [5.41, 5.74) is 1.08. The molecule has 1 aliphatic rings. The molecule has 0 saturated carbocycles. The van der Waals surface area contributed by atoms with Gasteiger partial charge < -0.3 is 40.1 Å². The number of nitrogens with zero attached hydrogens (tertiary/aromatic N) is 5. The summed E-state index contributed by atoms with van der Waals surface area (Å²) >= 11 is 0. The zero-order valence-corrected chi connectivity index (χ0v) is 28.3. The molecule has 0 atom stereocenters. The largest absolute Gasteiger partial charge is 3.00 e. The molecule has 16 nitrogen and oxygen atoms in total. The fourth-order valence-corrected chi connectivity index (χ4v) is 5.16. The second-order valence-corrected chi connectivity index (χ2v) is 11.0. The van der Waals surface area contributed by atoms with Crippen LogP contribution in [0.5, 0.6) is 5.75 Å². The van der Waals surface area contributed by atoms with Crippen molar-refractivity contribution in [3.05, 3.63) is 23.8 Å². The Morgan fingerprint density at radius 2 is 1.07 bits per heavy atom. The number of carboxylic acids is 5. The third-order valence-corrected chi connectivity index (χ3v) is 7.30. The molecule has 0 unspecified atom stereocenters. The molecule has 0 aliphatic carbocycles. The van der Waals surface area contributed by atoms with Gasteiger partial charge in [0.05, 0.1) is 31.9 Å². The number of hydrogen-bond donors (Lipinski definition) is 5. The van der Waals surface area contributed by atoms with E-state index in [2.05, 4.69) is 4.90 Å². The van der Waals surface area contributed by atoms with Gasteiger partial charge in [-0.1, -0.05) is 12.1 Å². The molecule has 0 amide bonds. The third kappa shape index (κ3) is 16.8. The Balaban J connectivity index is 0.0000106. The minimum Gasteiger partial charge on any atom is -0.491 e. The molecular weight excluding hydrogens is 752 g/mol. The maximum Gasteiger partial charge on any atom is 3.00 e. The summed E-state index contributed by atoms with van der Waals surface area (Å²) in [5, 5.41) is 46.7. The number of aliphatic carboxylic acids is 5. The zero-order chi connectivity index (χ0) is 33.4. The van der Waals surface area contributed by atoms with Crippen LogP contribution in [0.25, 0.3) is 0 Å². The minimum absolute atomic E-state index is 0. The van der Waals surface area contributed by atoms with Crippen LogP contribution in [-0.4, -0.2) is 173 Å². The Labute approximate surface area is 300 Å². The predicted molar refractivity (Wildman–Crippen MR) is 162 cm³/mol. The van der Waals surface area contributed by atoms with E-state index in [9.17, 15) is 49.5 Å². The standard InChI is InChI=1S/C29H45N5O11.Gd/c1-22-5-4-6-23(29(22)34(20-27(41)42)21-28(43)44)45-16-3-2-7-30-8-10-31(17-24(35)36)12-14-33(19-26(39)40)15-13-32(11-9-30)18-25(37)38;/h4-6H,2-3,7-21H2,1H3,(H,35,36)(H,37,38)(H,39,40)(H,41,42)(H,43,44);/q;+3. The van der Waals surface area contributed by atoms with E-state index in [4.69, 9.17) is 4.74 Å². The predicted octanol–water partition coefficient (Wildman–Crippen LogP) is -0.395. The number of ether oxygens (including phenoxy) is 1. The van der Waals surface area contributed by atoms with Gasteiger partial charge in [-0.25, -0.2) is 0 Å². The fourth-order valence-electron chi connectivity index (χ4n) is 5.16. The first-order valence-corrected chi connectivity index (χ1v) is 14.8. The van der Waals surface area contributed by atoms with E-state index < -0.39 is 42.9 Å². The molecule has 1 radical (unpaired) electrons. The summed E-state index contributed by atoms with van der Waals surface area (Å²) in [5.74, 6) is -4.93. The molecule has 0 bridgehead atoms. The van der Waals surface area contributed by atoms with Crippen molar-refractivity contribution in [1.82, 2.24) is 19.6 Å². The second kappa shape index (κ2) is 22.0. The fraction of sp³-hybridized carbons (Fsp3) is 0.621. The molecule has 1 aromatic rings. The van der Waals surface area contributed by atoms with Gasteiger partial charge in [-0.15, -0.1) is 0 Å². The number of hydrogen-bond acceptors (Lipinski definition) is 11. The number of para-hydroxylation sites is 1. The van der Waals surface area contributed by atoms with Crippen LogP contribution in [0.1, 0.15) is 18.4 Å². The van der Waals surface area contributed by atoms with Crippen LogP contribution in [-0.2, 0) is 24.0 Å². The van der Waals surface area contributed by atoms with E-state index in [0.717, 1.165) is 0 Å². The van der Waals surface area contributed by atoms with Gasteiger partial charge in [-0.05, 0) is 37.9 Å². The summed E-state index contributed by atoms with van der Waals surface area (Å²) in [6.45, 7) is 4.31. The van der Waals surface area contributed by atoms with Crippen LogP contribution in [0, 0.1) is 46.9 Å². The molecule has 5 N–H and O–H groups in total. The summed E-state index contributed by atoms with van der Waals surface area (Å²) in [6.07, 6.45) is 1.31. The first-order chi connectivity index (χ1) is 21.3. The van der Waals surface area contributed by atoms with Gasteiger partial charge in [0.1, 0.15) is 18.8 Å². The van der Waals surface area contributed by atoms with Crippen molar-refractivity contribution in [3.63, 3.8) is 0 Å². The molecule has 2 rings (SSSR count). The molecule has 1 aromatic carbocycles. The Kier molecular flexibility index (Phi) is 19.8. The summed E-state index contributed by atoms with van der Waals surface area (Å²) < 4.78 is 5.98. The molecule has 0 spiro atoms. The summed E-state index contributed by atoms with van der Waals surface area (Å²) in [6, 6.07) is 5.17. The molecule has 1 saturated heterocycles. The first kappa shape index (κ1) is 41.4. The Morgan fingerprint density at radius 3 is 1.46 bits per heavy atom. The van der Waals surface area contributed by atoms with Crippen LogP contribution >= 0.6 is 0 Å². The van der Waals surface area contributed by atoms with E-state index in [1.165, 1.54) is 4.90 Å². The van der Waals surface area contributed by atoms with Crippen LogP contribution in [0.3, 0.4) is 0 Å². The Morgan fingerprint density at radius 1 is 0.652 bits per heavy atom. The topological polar surface area (TPSA) is 212 Å². The second-order valence-electron chi connectivity index (χ2n) is 11.0. The van der Waals surface area contributed by atoms with Crippen molar-refractivity contribution in [2.45, 2.75) is 19.8 Å². The van der Waals surface area contributed by atoms with Gasteiger partial charge in [-0.3, -0.25) is 38.7 Å². The van der Waals surface area contributed by atoms with Crippen molar-refractivity contribution in [2.75, 3.05) is 103 Å². The van der Waals surface area contributed by atoms with Gasteiger partial charge in [0.25, 0.3) is 0 Å². The smallest absolute Gasteiger partial charge is 0.491 e. The monoisotopic (exact) mass is 797 g/mol. The molecule has 46 heavy (non-hydrogen) atoms. The van der Waals surface area contributed by atoms with Crippen molar-refractivity contribution >= 4 is 35.5 Å². The van der Waals surface area contributed by atoms with Crippen LogP contribution in [0.15, 0.2) is 18.2 Å². The third-order valence-electron chi connectivity index (χ3n) is 7.30. The SMILES string of the molecule is Cc1cccc(OCCCCN2CCN(CC(=O)O)CCN(CC(=O)O)CCN(CC(=O)O)CC2)c1N(CC(=O)O)CC(=O)O.[Gd+3]. The van der Waals surface area contributed by atoms with Crippen LogP contribution < -0.4 is 9.64 Å². The number of unbranched alkanes of at least 4 members (excludes halogenated alkanes) is 1. The van der Waals surface area contributed by atoms with Gasteiger partial charge in [0.2, 0.25) is 0 Å². The Bertz CT molecular complexity index is 1110. The normalized spacial score (nSPS) is 15.9. The maximum atomic E-state index is 11.5. The van der Waals surface area contributed by atoms with Crippen molar-refractivity contribution in [1.29, 1.82) is 0 Å². The molecule has 0 aromatic heterocycles. The molecule has 257 valence electrons. The quantitative estimate of drug-likeness (QED) is 0.127. The number of aryl methyl sites for hydroxylation is 1. The van der Waals surface area contributed by atoms with Gasteiger partial charge in [0.15, 0.2) is 0 Å². The van der Waals surface area contributed by atoms with E-state index in [0.29, 0.717) is 88.7 Å². The van der Waals surface area contributed by atoms with E-state index in [1.54, 1.807) is 39.8 Å². The molecule has 1 fully saturated rings. The van der Waals surface area contributed by atoms with E-state index in [-0.39, 0.29) is 66.2 Å². The van der Waals surface area contributed by atoms with Gasteiger partial charge in [-0.2, -0.15) is 0 Å². The van der Waals surface area contributed by atoms with Gasteiger partial charge in [0, 0.05) is 52.4 Å². The minimum atomic E-state index is -1.17. The number of carbonyl (C=O) groups is 5. The number of benzene rings is 1. The van der Waals surface area contributed by atoms with E-state index >= 15 is 0 Å². The van der Waals surface area contributed by atoms with Crippen molar-refractivity contribution < 1.29 is 94.2 Å². The molecule has 1 heterocycles. The molecule has 17 heteroatoms. The molecular formula is C29H45GdN5O11+3. The number of carboxylic acid groups (broad SMARTS) is 5. The van der Waals surface area contributed by atoms with Crippen molar-refractivity contribution in [2.24, 2.45) is 0 Å². The summed E-state index contributed by atoms with van der Waals surface area (Å²) in [7, 11) is 0. The number of rotatable bonds is 17. The van der Waals surface area contributed by atoms with E-state index in [1.807, 2.05) is 0 Å². The van der Waals surface area contributed by atoms with Gasteiger partial charge >= 0.3 is 69.8 Å².